The molecule has 2 N–H and O–H groups in total. The number of likely N-dealkylation sites (N-methyl/N-ethyl adjacent to an activating group) is 1. The van der Waals surface area contributed by atoms with E-state index in [2.05, 4.69) is 15.2 Å². The second-order valence-corrected chi connectivity index (χ2v) is 8.17. The molecule has 2 aromatic carbocycles. The van der Waals surface area contributed by atoms with Crippen LogP contribution >= 0.6 is 0 Å². The fourth-order valence-electron chi connectivity index (χ4n) is 2.76. The van der Waals surface area contributed by atoms with Crippen molar-refractivity contribution in [2.45, 2.75) is 18.7 Å². The van der Waals surface area contributed by atoms with Gasteiger partial charge in [-0.15, -0.1) is 0 Å². The Balaban J connectivity index is 2.14. The zero-order valence-corrected chi connectivity index (χ0v) is 18.3. The molecular formula is C20H23N5O6S. The van der Waals surface area contributed by atoms with E-state index in [9.17, 15) is 28.1 Å². The third-order valence-corrected chi connectivity index (χ3v) is 5.87. The highest BCUT2D eigenvalue weighted by Crippen LogP contribution is 2.15. The largest absolute Gasteiger partial charge is 0.342 e. The van der Waals surface area contributed by atoms with Crippen LogP contribution in [0.25, 0.3) is 0 Å². The number of sulfonamides is 1. The summed E-state index contributed by atoms with van der Waals surface area (Å²) in [7, 11) is -4.16. The summed E-state index contributed by atoms with van der Waals surface area (Å²) in [4.78, 5) is 36.0. The minimum Gasteiger partial charge on any atom is -0.342 e. The summed E-state index contributed by atoms with van der Waals surface area (Å²) < 4.78 is 27.6. The van der Waals surface area contributed by atoms with Gasteiger partial charge < -0.3 is 4.90 Å². The summed E-state index contributed by atoms with van der Waals surface area (Å²) in [5.41, 5.74) is 2.26. The zero-order chi connectivity index (χ0) is 23.7. The molecule has 11 nitrogen and oxygen atoms in total. The van der Waals surface area contributed by atoms with E-state index in [-0.39, 0.29) is 22.1 Å². The van der Waals surface area contributed by atoms with Crippen molar-refractivity contribution in [1.29, 1.82) is 0 Å². The molecule has 0 radical (unpaired) electrons. The molecule has 0 bridgehead atoms. The molecule has 0 aliphatic rings. The second-order valence-electron chi connectivity index (χ2n) is 6.44. The highest BCUT2D eigenvalue weighted by molar-refractivity contribution is 7.89. The van der Waals surface area contributed by atoms with Gasteiger partial charge in [-0.25, -0.2) is 18.6 Å². The third kappa shape index (κ3) is 6.43. The Morgan fingerprint density at radius 2 is 1.81 bits per heavy atom. The van der Waals surface area contributed by atoms with Gasteiger partial charge in [-0.1, -0.05) is 24.3 Å². The highest BCUT2D eigenvalue weighted by atomic mass is 32.2. The first kappa shape index (κ1) is 24.6. The van der Waals surface area contributed by atoms with Gasteiger partial charge in [0.25, 0.3) is 11.6 Å². The SMILES string of the molecule is CCN(CC)C(=O)CNS(=O)(=O)c1ccccc1C(=O)N/N=C\c1cccc([N+](=O)[O-])c1. The Morgan fingerprint density at radius 1 is 1.12 bits per heavy atom. The van der Waals surface area contributed by atoms with Crippen LogP contribution in [0.4, 0.5) is 5.69 Å². The molecule has 0 atom stereocenters. The number of rotatable bonds is 10. The van der Waals surface area contributed by atoms with Crippen molar-refractivity contribution in [2.24, 2.45) is 5.10 Å². The van der Waals surface area contributed by atoms with Gasteiger partial charge in [-0.3, -0.25) is 19.7 Å². The Labute approximate surface area is 185 Å². The first-order chi connectivity index (χ1) is 15.2. The monoisotopic (exact) mass is 461 g/mol. The molecule has 2 amide bonds. The van der Waals surface area contributed by atoms with Gasteiger partial charge in [0, 0.05) is 30.8 Å². The number of hydrazone groups is 1. The van der Waals surface area contributed by atoms with Crippen LogP contribution in [0, 0.1) is 10.1 Å². The normalized spacial score (nSPS) is 11.3. The summed E-state index contributed by atoms with van der Waals surface area (Å²) in [6, 6.07) is 11.1. The number of carbonyl (C=O) groups excluding carboxylic acids is 2. The van der Waals surface area contributed by atoms with E-state index >= 15 is 0 Å². The molecule has 0 aromatic heterocycles. The van der Waals surface area contributed by atoms with E-state index in [1.54, 1.807) is 19.9 Å². The topological polar surface area (TPSA) is 151 Å². The van der Waals surface area contributed by atoms with Gasteiger partial charge >= 0.3 is 0 Å². The number of hydrogen-bond acceptors (Lipinski definition) is 7. The van der Waals surface area contributed by atoms with Crippen LogP contribution in [-0.2, 0) is 14.8 Å². The van der Waals surface area contributed by atoms with E-state index in [0.29, 0.717) is 18.7 Å². The molecule has 170 valence electrons. The second kappa shape index (κ2) is 11.1. The van der Waals surface area contributed by atoms with Crippen molar-refractivity contribution in [1.82, 2.24) is 15.0 Å². The van der Waals surface area contributed by atoms with Crippen molar-refractivity contribution in [2.75, 3.05) is 19.6 Å². The average Bonchev–Trinajstić information content (AvgIpc) is 2.78. The fourth-order valence-corrected chi connectivity index (χ4v) is 3.93. The first-order valence-corrected chi connectivity index (χ1v) is 11.1. The first-order valence-electron chi connectivity index (χ1n) is 9.64. The molecule has 0 spiro atoms. The summed E-state index contributed by atoms with van der Waals surface area (Å²) in [5.74, 6) is -1.19. The minimum absolute atomic E-state index is 0.137. The van der Waals surface area contributed by atoms with Crippen LogP contribution in [0.5, 0.6) is 0 Å². The lowest BCUT2D eigenvalue weighted by molar-refractivity contribution is -0.384. The number of amides is 2. The summed E-state index contributed by atoms with van der Waals surface area (Å²) in [6.45, 7) is 4.01. The molecule has 0 heterocycles. The standard InChI is InChI=1S/C20H23N5O6S/c1-3-24(4-2)19(26)14-22-32(30,31)18-11-6-5-10-17(18)20(27)23-21-13-15-8-7-9-16(12-15)25(28)29/h5-13,22H,3-4,14H2,1-2H3,(H,23,27)/b21-13-. The number of nitrogens with one attached hydrogen (secondary N) is 2. The maximum absolute atomic E-state index is 12.7. The molecule has 0 unspecified atom stereocenters. The van der Waals surface area contributed by atoms with Crippen LogP contribution in [0.3, 0.4) is 0 Å². The number of non-ortho nitro benzene ring substituents is 1. The average molecular weight is 462 g/mol. The predicted octanol–water partition coefficient (Wildman–Crippen LogP) is 1.51. The van der Waals surface area contributed by atoms with Gasteiger partial charge in [0.2, 0.25) is 15.9 Å². The molecule has 0 fully saturated rings. The lowest BCUT2D eigenvalue weighted by Gasteiger charge is -2.19. The van der Waals surface area contributed by atoms with Crippen molar-refractivity contribution in [3.8, 4) is 0 Å². The Bertz CT molecular complexity index is 1130. The van der Waals surface area contributed by atoms with Crippen LogP contribution in [0.1, 0.15) is 29.8 Å². The van der Waals surface area contributed by atoms with Gasteiger partial charge in [-0.2, -0.15) is 5.10 Å². The molecule has 32 heavy (non-hydrogen) atoms. The zero-order valence-electron chi connectivity index (χ0n) is 17.5. The van der Waals surface area contributed by atoms with Crippen molar-refractivity contribution in [3.05, 3.63) is 69.8 Å². The van der Waals surface area contributed by atoms with Gasteiger partial charge in [0.05, 0.1) is 28.1 Å². The maximum atomic E-state index is 12.7. The minimum atomic E-state index is -4.16. The van der Waals surface area contributed by atoms with Crippen LogP contribution in [0.2, 0.25) is 0 Å². The predicted molar refractivity (Wildman–Crippen MR) is 118 cm³/mol. The van der Waals surface area contributed by atoms with Gasteiger partial charge in [0.15, 0.2) is 0 Å². The van der Waals surface area contributed by atoms with Crippen LogP contribution < -0.4 is 10.1 Å². The number of benzene rings is 2. The van der Waals surface area contributed by atoms with Gasteiger partial charge in [0.1, 0.15) is 0 Å². The van der Waals surface area contributed by atoms with E-state index in [0.717, 1.165) is 0 Å². The molecule has 0 saturated carbocycles. The van der Waals surface area contributed by atoms with Crippen LogP contribution in [0.15, 0.2) is 58.5 Å². The number of nitro groups is 1. The van der Waals surface area contributed by atoms with E-state index in [1.807, 2.05) is 0 Å². The Kier molecular flexibility index (Phi) is 8.55. The number of nitrogens with zero attached hydrogens (tertiary/aromatic N) is 3. The molecule has 2 rings (SSSR count). The summed E-state index contributed by atoms with van der Waals surface area (Å²) in [6.07, 6.45) is 1.20. The van der Waals surface area contributed by atoms with Crippen molar-refractivity contribution < 1.29 is 22.9 Å². The lowest BCUT2D eigenvalue weighted by atomic mass is 10.2. The molecule has 0 aliphatic heterocycles. The summed E-state index contributed by atoms with van der Waals surface area (Å²) >= 11 is 0. The third-order valence-electron chi connectivity index (χ3n) is 4.41. The highest BCUT2D eigenvalue weighted by Gasteiger charge is 2.23. The van der Waals surface area contributed by atoms with Crippen LogP contribution in [-0.4, -0.2) is 55.9 Å². The Morgan fingerprint density at radius 3 is 2.47 bits per heavy atom. The smallest absolute Gasteiger partial charge is 0.272 e. The fraction of sp³-hybridized carbons (Fsp3) is 0.250. The Hall–Kier alpha value is -3.64. The molecule has 12 heteroatoms. The molecule has 2 aromatic rings. The molecule has 0 aliphatic carbocycles. The number of hydrogen-bond donors (Lipinski definition) is 2. The maximum Gasteiger partial charge on any atom is 0.272 e. The molecular weight excluding hydrogens is 438 g/mol. The van der Waals surface area contributed by atoms with Crippen molar-refractivity contribution >= 4 is 33.7 Å². The lowest BCUT2D eigenvalue weighted by Crippen LogP contribution is -2.40. The number of nitro benzene ring substituents is 1. The van der Waals surface area contributed by atoms with Gasteiger partial charge in [-0.05, 0) is 26.0 Å². The van der Waals surface area contributed by atoms with Crippen molar-refractivity contribution in [3.63, 3.8) is 0 Å². The van der Waals surface area contributed by atoms with E-state index in [4.69, 9.17) is 0 Å². The molecule has 0 saturated heterocycles. The quantitative estimate of drug-likeness (QED) is 0.311. The van der Waals surface area contributed by atoms with E-state index < -0.39 is 27.4 Å². The summed E-state index contributed by atoms with van der Waals surface area (Å²) in [5, 5.41) is 14.6. The number of carbonyl (C=O) groups is 2. The van der Waals surface area contributed by atoms with E-state index in [1.165, 1.54) is 53.6 Å².